The lowest BCUT2D eigenvalue weighted by atomic mass is 9.83. The molecule has 4 aliphatic carbocycles. The topological polar surface area (TPSA) is 65.0 Å². The Balaban J connectivity index is 1.89. The molecule has 5 nitrogen and oxygen atoms in total. The Morgan fingerprint density at radius 1 is 1.12 bits per heavy atom. The zero-order chi connectivity index (χ0) is 24.5. The smallest absolute Gasteiger partial charge is 0.433 e. The lowest BCUT2D eigenvalue weighted by Crippen LogP contribution is -2.64. The first-order valence-electron chi connectivity index (χ1n) is 10.1. The van der Waals surface area contributed by atoms with E-state index in [1.807, 2.05) is 0 Å². The molecule has 0 aromatic carbocycles. The van der Waals surface area contributed by atoms with Crippen molar-refractivity contribution < 1.29 is 50.5 Å². The van der Waals surface area contributed by atoms with Crippen LogP contribution in [0, 0.1) is 17.8 Å². The van der Waals surface area contributed by atoms with E-state index in [0.717, 1.165) is 6.92 Å². The van der Waals surface area contributed by atoms with Gasteiger partial charge in [-0.05, 0) is 57.4 Å². The van der Waals surface area contributed by atoms with Crippen LogP contribution in [-0.2, 0) is 19.0 Å². The standard InChI is InChI=1S/C21H26F6O5/c1-10(2)15(28)31-18-7-12-6-14(18)17(5,13(12)8-18)30-9-19(20(22,23)24,21(25,26)27)32-16(29)11(3)4/h12-15,28H,1,3,6-9H2,2,4-5H3. The largest absolute Gasteiger partial charge is 0.440 e. The van der Waals surface area contributed by atoms with Gasteiger partial charge in [-0.2, -0.15) is 26.3 Å². The molecule has 11 heteroatoms. The van der Waals surface area contributed by atoms with Gasteiger partial charge < -0.3 is 19.3 Å². The first-order chi connectivity index (χ1) is 14.4. The molecule has 0 spiro atoms. The van der Waals surface area contributed by atoms with E-state index in [9.17, 15) is 36.2 Å². The summed E-state index contributed by atoms with van der Waals surface area (Å²) < 4.78 is 97.7. The third kappa shape index (κ3) is 3.56. The third-order valence-electron chi connectivity index (χ3n) is 7.23. The van der Waals surface area contributed by atoms with Crippen molar-refractivity contribution in [1.82, 2.24) is 0 Å². The fourth-order valence-electron chi connectivity index (χ4n) is 5.62. The van der Waals surface area contributed by atoms with Gasteiger partial charge in [-0.15, -0.1) is 0 Å². The Morgan fingerprint density at radius 2 is 1.69 bits per heavy atom. The Morgan fingerprint density at radius 3 is 2.12 bits per heavy atom. The molecule has 4 bridgehead atoms. The van der Waals surface area contributed by atoms with Gasteiger partial charge in [0.1, 0.15) is 6.61 Å². The summed E-state index contributed by atoms with van der Waals surface area (Å²) in [4.78, 5) is 11.7. The van der Waals surface area contributed by atoms with Gasteiger partial charge in [0.15, 0.2) is 6.29 Å². The lowest BCUT2D eigenvalue weighted by molar-refractivity contribution is -0.384. The van der Waals surface area contributed by atoms with E-state index >= 15 is 0 Å². The predicted octanol–water partition coefficient (Wildman–Crippen LogP) is 4.45. The van der Waals surface area contributed by atoms with Gasteiger partial charge in [0.25, 0.3) is 0 Å². The molecule has 182 valence electrons. The van der Waals surface area contributed by atoms with Crippen molar-refractivity contribution in [2.45, 2.75) is 75.5 Å². The number of ether oxygens (including phenoxy) is 3. The molecule has 4 saturated carbocycles. The molecule has 4 aliphatic rings. The van der Waals surface area contributed by atoms with Crippen LogP contribution in [0.2, 0.25) is 0 Å². The summed E-state index contributed by atoms with van der Waals surface area (Å²) in [7, 11) is 0. The minimum absolute atomic E-state index is 0.0218. The molecule has 0 heterocycles. The van der Waals surface area contributed by atoms with E-state index in [1.165, 1.54) is 6.92 Å². The van der Waals surface area contributed by atoms with Crippen LogP contribution in [0.15, 0.2) is 24.3 Å². The summed E-state index contributed by atoms with van der Waals surface area (Å²) >= 11 is 0. The lowest BCUT2D eigenvalue weighted by Gasteiger charge is -2.42. The van der Waals surface area contributed by atoms with Crippen molar-refractivity contribution in [1.29, 1.82) is 0 Å². The highest BCUT2D eigenvalue weighted by Crippen LogP contribution is 2.72. The van der Waals surface area contributed by atoms with Crippen molar-refractivity contribution in [3.63, 3.8) is 0 Å². The van der Waals surface area contributed by atoms with Crippen LogP contribution in [0.25, 0.3) is 0 Å². The first-order valence-corrected chi connectivity index (χ1v) is 10.1. The second kappa shape index (κ2) is 7.46. The quantitative estimate of drug-likeness (QED) is 0.186. The number of hydrogen-bond acceptors (Lipinski definition) is 5. The first kappa shape index (κ1) is 25.0. The molecule has 4 rings (SSSR count). The zero-order valence-corrected chi connectivity index (χ0v) is 17.9. The number of carbonyl (C=O) groups is 1. The monoisotopic (exact) mass is 472 g/mol. The van der Waals surface area contributed by atoms with Crippen LogP contribution in [-0.4, -0.2) is 53.1 Å². The van der Waals surface area contributed by atoms with Gasteiger partial charge in [-0.3, -0.25) is 0 Å². The summed E-state index contributed by atoms with van der Waals surface area (Å²) in [5.74, 6) is -2.74. The number of carbonyl (C=O) groups excluding carboxylic acids is 1. The average Bonchev–Trinajstić information content (AvgIpc) is 3.29. The van der Waals surface area contributed by atoms with E-state index in [1.54, 1.807) is 6.92 Å². The molecule has 0 saturated heterocycles. The highest BCUT2D eigenvalue weighted by atomic mass is 19.4. The highest BCUT2D eigenvalue weighted by molar-refractivity contribution is 5.87. The molecule has 0 aromatic rings. The number of esters is 1. The number of halogens is 6. The van der Waals surface area contributed by atoms with Crippen LogP contribution < -0.4 is 0 Å². The van der Waals surface area contributed by atoms with E-state index < -0.39 is 59.5 Å². The molecule has 1 N–H and O–H groups in total. The summed E-state index contributed by atoms with van der Waals surface area (Å²) in [6, 6.07) is 0. The molecular weight excluding hydrogens is 446 g/mol. The molecule has 6 atom stereocenters. The van der Waals surface area contributed by atoms with Crippen molar-refractivity contribution in [3.8, 4) is 0 Å². The second-order valence-electron chi connectivity index (χ2n) is 9.41. The summed E-state index contributed by atoms with van der Waals surface area (Å²) in [6.45, 7) is 8.65. The van der Waals surface area contributed by atoms with E-state index in [2.05, 4.69) is 17.9 Å². The Bertz CT molecular complexity index is 806. The molecular formula is C21H26F6O5. The summed E-state index contributed by atoms with van der Waals surface area (Å²) in [5.41, 5.74) is -7.44. The maximum atomic E-state index is 13.8. The van der Waals surface area contributed by atoms with Gasteiger partial charge in [-0.1, -0.05) is 13.2 Å². The van der Waals surface area contributed by atoms with Gasteiger partial charge in [0, 0.05) is 11.5 Å². The number of hydrogen-bond donors (Lipinski definition) is 1. The maximum absolute atomic E-state index is 13.8. The Labute approximate surface area is 181 Å². The van der Waals surface area contributed by atoms with Crippen LogP contribution in [0.1, 0.15) is 40.0 Å². The van der Waals surface area contributed by atoms with Gasteiger partial charge in [0.05, 0.1) is 11.2 Å². The molecule has 0 radical (unpaired) electrons. The fraction of sp³-hybridized carbons (Fsp3) is 0.762. The molecule has 0 aliphatic heterocycles. The number of rotatable bonds is 8. The normalized spacial score (nSPS) is 34.8. The van der Waals surface area contributed by atoms with Gasteiger partial charge in [0.2, 0.25) is 0 Å². The van der Waals surface area contributed by atoms with Gasteiger partial charge >= 0.3 is 23.9 Å². The van der Waals surface area contributed by atoms with Crippen LogP contribution in [0.4, 0.5) is 26.3 Å². The zero-order valence-electron chi connectivity index (χ0n) is 17.9. The van der Waals surface area contributed by atoms with E-state index in [4.69, 9.17) is 9.47 Å². The van der Waals surface area contributed by atoms with Crippen LogP contribution in [0.5, 0.6) is 0 Å². The minimum atomic E-state index is -5.99. The molecule has 0 aromatic heterocycles. The SMILES string of the molecule is C=C(C)C(=O)OC(COC1(C)C2CC3(OC(O)C(=C)C)CC2CC31)(C(F)(F)F)C(F)(F)F. The predicted molar refractivity (Wildman–Crippen MR) is 99.1 cm³/mol. The second-order valence-corrected chi connectivity index (χ2v) is 9.41. The van der Waals surface area contributed by atoms with Crippen molar-refractivity contribution in [2.24, 2.45) is 17.8 Å². The van der Waals surface area contributed by atoms with Crippen molar-refractivity contribution in [2.75, 3.05) is 6.61 Å². The average molecular weight is 472 g/mol. The minimum Gasteiger partial charge on any atom is -0.433 e. The highest BCUT2D eigenvalue weighted by Gasteiger charge is 2.78. The summed E-state index contributed by atoms with van der Waals surface area (Å²) in [5, 5.41) is 10.1. The Hall–Kier alpha value is -1.59. The summed E-state index contributed by atoms with van der Waals surface area (Å²) in [6.07, 6.45) is -11.9. The molecule has 32 heavy (non-hydrogen) atoms. The van der Waals surface area contributed by atoms with Gasteiger partial charge in [-0.25, -0.2) is 4.79 Å². The molecule has 0 amide bonds. The number of aliphatic hydroxyl groups is 1. The van der Waals surface area contributed by atoms with Crippen LogP contribution >= 0.6 is 0 Å². The van der Waals surface area contributed by atoms with E-state index in [0.29, 0.717) is 24.8 Å². The van der Waals surface area contributed by atoms with Crippen molar-refractivity contribution >= 4 is 5.97 Å². The fourth-order valence-corrected chi connectivity index (χ4v) is 5.62. The number of alkyl halides is 6. The molecule has 4 fully saturated rings. The number of aliphatic hydroxyl groups excluding tert-OH is 1. The van der Waals surface area contributed by atoms with Crippen LogP contribution in [0.3, 0.4) is 0 Å². The third-order valence-corrected chi connectivity index (χ3v) is 7.23. The van der Waals surface area contributed by atoms with E-state index in [-0.39, 0.29) is 11.8 Å². The Kier molecular flexibility index (Phi) is 5.84. The maximum Gasteiger partial charge on any atom is 0.440 e. The van der Waals surface area contributed by atoms with Crippen molar-refractivity contribution in [3.05, 3.63) is 24.3 Å². The molecule has 6 unspecified atom stereocenters.